The zero-order chi connectivity index (χ0) is 36.1. The molecule has 264 valence electrons. The zero-order valence-electron chi connectivity index (χ0n) is 29.9. The number of aliphatic carboxylic acids is 1. The molecule has 0 radical (unpaired) electrons. The van der Waals surface area contributed by atoms with Gasteiger partial charge in [0.15, 0.2) is 0 Å². The van der Waals surface area contributed by atoms with Crippen LogP contribution in [0.25, 0.3) is 0 Å². The summed E-state index contributed by atoms with van der Waals surface area (Å²) in [4.78, 5) is 53.0. The summed E-state index contributed by atoms with van der Waals surface area (Å²) in [6, 6.07) is 0. The van der Waals surface area contributed by atoms with Crippen LogP contribution in [0.1, 0.15) is 122 Å². The number of nitrogens with one attached hydrogen (secondary N) is 1. The quantitative estimate of drug-likeness (QED) is 0.131. The number of carbonyl (C=O) groups excluding carboxylic acids is 4. The summed E-state index contributed by atoms with van der Waals surface area (Å²) in [5, 5.41) is 27.1. The van der Waals surface area contributed by atoms with Crippen LogP contribution in [0.2, 0.25) is 0 Å². The maximum atomic E-state index is 11.1. The Morgan fingerprint density at radius 3 is 1.30 bits per heavy atom. The number of esters is 2. The summed E-state index contributed by atoms with van der Waals surface area (Å²) in [7, 11) is 0. The Balaban J connectivity index is -0.000000146. The fourth-order valence-corrected chi connectivity index (χ4v) is 1.76. The van der Waals surface area contributed by atoms with Crippen LogP contribution in [-0.4, -0.2) is 71.6 Å². The van der Waals surface area contributed by atoms with Crippen molar-refractivity contribution in [3.63, 3.8) is 0 Å². The highest BCUT2D eigenvalue weighted by Crippen LogP contribution is 2.21. The summed E-state index contributed by atoms with van der Waals surface area (Å²) < 4.78 is 9.62. The summed E-state index contributed by atoms with van der Waals surface area (Å²) in [5.41, 5.74) is 4.18. The molecule has 0 bridgehead atoms. The second-order valence-electron chi connectivity index (χ2n) is 11.4. The molecule has 0 fully saturated rings. The van der Waals surface area contributed by atoms with Crippen molar-refractivity contribution in [3.8, 4) is 0 Å². The summed E-state index contributed by atoms with van der Waals surface area (Å²) in [5.74, 6) is -1.46. The summed E-state index contributed by atoms with van der Waals surface area (Å²) in [6.07, 6.45) is 3.94. The molecule has 0 spiro atoms. The molecule has 0 aromatic heterocycles. The fourth-order valence-electron chi connectivity index (χ4n) is 1.76. The van der Waals surface area contributed by atoms with Gasteiger partial charge >= 0.3 is 17.9 Å². The molecule has 0 aromatic rings. The lowest BCUT2D eigenvalue weighted by atomic mass is 9.91. The van der Waals surface area contributed by atoms with Crippen LogP contribution in [0.3, 0.4) is 0 Å². The van der Waals surface area contributed by atoms with Gasteiger partial charge in [-0.15, -0.1) is 0 Å². The molecule has 0 aliphatic heterocycles. The molecule has 0 saturated carbocycles. The van der Waals surface area contributed by atoms with Gasteiger partial charge in [0, 0.05) is 11.8 Å². The standard InChI is InChI=1S/C8H16O3.C8H16O2.C6H13NO2.C5H11NO.C5H10O2/c1-4-8(2,3)7(10)11-6-5-9;1-5-8(3,4)7(9)10-6-2;1-3-5(2)6(9)7-4-8;2*1-3-4(2)5(6)7/h9H,4-6H2,1-3H3;5-6H2,1-4H3;5,8H,3-4H2,1-2H3,(H,7,9);4H,3H2,1-2H3,(H2,6,7);4H,3H2,1-2H3,(H,6,7). The third-order valence-electron chi connectivity index (χ3n) is 6.92. The Morgan fingerprint density at radius 2 is 1.09 bits per heavy atom. The van der Waals surface area contributed by atoms with Crippen molar-refractivity contribution < 1.29 is 48.8 Å². The lowest BCUT2D eigenvalue weighted by molar-refractivity contribution is -0.155. The van der Waals surface area contributed by atoms with Crippen molar-refractivity contribution in [2.24, 2.45) is 34.3 Å². The van der Waals surface area contributed by atoms with Crippen molar-refractivity contribution in [2.45, 2.75) is 122 Å². The van der Waals surface area contributed by atoms with Gasteiger partial charge in [0.25, 0.3) is 0 Å². The van der Waals surface area contributed by atoms with Gasteiger partial charge in [0.1, 0.15) is 13.3 Å². The van der Waals surface area contributed by atoms with Crippen molar-refractivity contribution >= 4 is 29.7 Å². The number of aliphatic hydroxyl groups is 2. The first kappa shape index (κ1) is 50.9. The van der Waals surface area contributed by atoms with Gasteiger partial charge in [-0.1, -0.05) is 55.4 Å². The van der Waals surface area contributed by atoms with E-state index in [2.05, 4.69) is 5.32 Å². The molecule has 12 nitrogen and oxygen atoms in total. The van der Waals surface area contributed by atoms with E-state index in [-0.39, 0.29) is 66.9 Å². The van der Waals surface area contributed by atoms with E-state index in [4.69, 9.17) is 30.5 Å². The van der Waals surface area contributed by atoms with E-state index in [0.717, 1.165) is 32.1 Å². The second kappa shape index (κ2) is 30.3. The van der Waals surface area contributed by atoms with E-state index in [1.54, 1.807) is 6.92 Å². The maximum Gasteiger partial charge on any atom is 0.311 e. The van der Waals surface area contributed by atoms with Crippen LogP contribution in [0.4, 0.5) is 0 Å². The lowest BCUT2D eigenvalue weighted by Gasteiger charge is -2.19. The Hall–Kier alpha value is -2.73. The minimum Gasteiger partial charge on any atom is -0.481 e. The average molecular weight is 639 g/mol. The van der Waals surface area contributed by atoms with E-state index >= 15 is 0 Å². The van der Waals surface area contributed by atoms with Crippen LogP contribution in [0.5, 0.6) is 0 Å². The molecule has 3 unspecified atom stereocenters. The second-order valence-corrected chi connectivity index (χ2v) is 11.4. The summed E-state index contributed by atoms with van der Waals surface area (Å²) in [6.45, 7) is 24.5. The molecule has 44 heavy (non-hydrogen) atoms. The van der Waals surface area contributed by atoms with Gasteiger partial charge in [-0.25, -0.2) is 0 Å². The van der Waals surface area contributed by atoms with Crippen molar-refractivity contribution in [1.82, 2.24) is 5.32 Å². The SMILES string of the molecule is CCC(C)(C)C(=O)OCCO.CCC(C)C(=O)NCO.CCC(C)C(=O)O.CCC(C)C(N)=O.CCOC(=O)C(C)(C)CC. The number of nitrogens with two attached hydrogens (primary N) is 1. The first-order valence-corrected chi connectivity index (χ1v) is 15.5. The molecule has 12 heteroatoms. The number of hydrogen-bond donors (Lipinski definition) is 5. The number of primary amides is 1. The topological polar surface area (TPSA) is 203 Å². The molecule has 0 saturated heterocycles. The molecule has 0 aliphatic carbocycles. The zero-order valence-corrected chi connectivity index (χ0v) is 29.9. The number of aliphatic hydroxyl groups excluding tert-OH is 2. The van der Waals surface area contributed by atoms with Crippen LogP contribution < -0.4 is 11.1 Å². The monoisotopic (exact) mass is 638 g/mol. The van der Waals surface area contributed by atoms with Crippen LogP contribution in [0, 0.1) is 28.6 Å². The minimum atomic E-state index is -0.706. The Bertz CT molecular complexity index is 750. The minimum absolute atomic E-state index is 0.0112. The predicted molar refractivity (Wildman–Crippen MR) is 173 cm³/mol. The Kier molecular flexibility index (Phi) is 35.0. The number of ether oxygens (including phenoxy) is 2. The number of carboxylic acids is 1. The normalized spacial score (nSPS) is 12.2. The predicted octanol–water partition coefficient (Wildman–Crippen LogP) is 4.68. The van der Waals surface area contributed by atoms with E-state index in [1.807, 2.05) is 83.1 Å². The molecule has 6 N–H and O–H groups in total. The van der Waals surface area contributed by atoms with Crippen LogP contribution in [0.15, 0.2) is 0 Å². The van der Waals surface area contributed by atoms with Gasteiger partial charge < -0.3 is 35.8 Å². The number of amides is 2. The van der Waals surface area contributed by atoms with Crippen LogP contribution in [-0.2, 0) is 33.4 Å². The Morgan fingerprint density at radius 1 is 0.705 bits per heavy atom. The number of hydrogen-bond acceptors (Lipinski definition) is 9. The largest absolute Gasteiger partial charge is 0.481 e. The smallest absolute Gasteiger partial charge is 0.311 e. The highest BCUT2D eigenvalue weighted by Gasteiger charge is 2.27. The maximum absolute atomic E-state index is 11.1. The number of rotatable bonds is 14. The molecular formula is C32H66N2O10. The highest BCUT2D eigenvalue weighted by atomic mass is 16.5. The van der Waals surface area contributed by atoms with Gasteiger partial charge in [-0.05, 0) is 66.7 Å². The van der Waals surface area contributed by atoms with Gasteiger partial charge in [-0.2, -0.15) is 0 Å². The highest BCUT2D eigenvalue weighted by molar-refractivity contribution is 5.78. The van der Waals surface area contributed by atoms with Gasteiger partial charge in [0.2, 0.25) is 11.8 Å². The number of carbonyl (C=O) groups is 5. The Labute approximate surface area is 266 Å². The molecule has 0 rings (SSSR count). The third-order valence-corrected chi connectivity index (χ3v) is 6.92. The molecule has 0 aromatic carbocycles. The van der Waals surface area contributed by atoms with Gasteiger partial charge in [-0.3, -0.25) is 24.0 Å². The molecular weight excluding hydrogens is 572 g/mol. The van der Waals surface area contributed by atoms with Crippen molar-refractivity contribution in [3.05, 3.63) is 0 Å². The third kappa shape index (κ3) is 30.7. The summed E-state index contributed by atoms with van der Waals surface area (Å²) >= 11 is 0. The first-order chi connectivity index (χ1) is 20.2. The molecule has 2 amide bonds. The molecule has 0 aliphatic rings. The van der Waals surface area contributed by atoms with E-state index in [9.17, 15) is 24.0 Å². The van der Waals surface area contributed by atoms with Crippen molar-refractivity contribution in [1.29, 1.82) is 0 Å². The lowest BCUT2D eigenvalue weighted by Crippen LogP contribution is -2.29. The van der Waals surface area contributed by atoms with E-state index in [1.165, 1.54) is 0 Å². The first-order valence-electron chi connectivity index (χ1n) is 15.5. The van der Waals surface area contributed by atoms with Gasteiger partial charge in [0.05, 0.1) is 30.0 Å². The van der Waals surface area contributed by atoms with Crippen molar-refractivity contribution in [2.75, 3.05) is 26.6 Å². The van der Waals surface area contributed by atoms with Crippen LogP contribution >= 0.6 is 0 Å². The average Bonchev–Trinajstić information content (AvgIpc) is 2.99. The molecule has 3 atom stereocenters. The van der Waals surface area contributed by atoms with E-state index in [0.29, 0.717) is 6.61 Å². The molecule has 0 heterocycles. The number of carboxylic acid groups (broad SMARTS) is 1. The fraction of sp³-hybridized carbons (Fsp3) is 0.844. The van der Waals surface area contributed by atoms with E-state index < -0.39 is 11.4 Å².